The third kappa shape index (κ3) is 5.05. The Labute approximate surface area is 156 Å². The van der Waals surface area contributed by atoms with Crippen molar-refractivity contribution in [1.29, 1.82) is 0 Å². The summed E-state index contributed by atoms with van der Waals surface area (Å²) in [7, 11) is -3.14. The first-order valence-electron chi connectivity index (χ1n) is 9.33. The summed E-state index contributed by atoms with van der Waals surface area (Å²) in [6.07, 6.45) is 4.40. The molecule has 0 aliphatic carbocycles. The van der Waals surface area contributed by atoms with E-state index in [0.29, 0.717) is 32.5 Å². The van der Waals surface area contributed by atoms with Crippen LogP contribution in [0.15, 0.2) is 30.3 Å². The summed E-state index contributed by atoms with van der Waals surface area (Å²) in [6.45, 7) is 2.97. The molecule has 0 atom stereocenters. The van der Waals surface area contributed by atoms with Crippen molar-refractivity contribution in [2.75, 3.05) is 32.4 Å². The Morgan fingerprint density at radius 2 is 1.65 bits per heavy atom. The first-order valence-corrected chi connectivity index (χ1v) is 11.2. The van der Waals surface area contributed by atoms with Crippen molar-refractivity contribution in [2.45, 2.75) is 38.4 Å². The van der Waals surface area contributed by atoms with E-state index in [0.717, 1.165) is 25.9 Å². The molecule has 7 heteroatoms. The minimum Gasteiger partial charge on any atom is -0.373 e. The molecule has 2 heterocycles. The molecule has 0 spiro atoms. The minimum absolute atomic E-state index is 0.0465. The zero-order valence-electron chi connectivity index (χ0n) is 15.3. The third-order valence-electron chi connectivity index (χ3n) is 5.35. The van der Waals surface area contributed by atoms with Crippen LogP contribution in [0.2, 0.25) is 0 Å². The largest absolute Gasteiger partial charge is 0.373 e. The van der Waals surface area contributed by atoms with Gasteiger partial charge in [-0.1, -0.05) is 30.3 Å². The molecule has 0 saturated carbocycles. The van der Waals surface area contributed by atoms with Gasteiger partial charge in [0.1, 0.15) is 0 Å². The number of rotatable bonds is 5. The zero-order valence-corrected chi connectivity index (χ0v) is 16.2. The summed E-state index contributed by atoms with van der Waals surface area (Å²) in [6, 6.07) is 10.1. The number of nitrogens with zero attached hydrogens (tertiary/aromatic N) is 2. The molecule has 2 aliphatic rings. The van der Waals surface area contributed by atoms with Crippen molar-refractivity contribution in [3.8, 4) is 0 Å². The lowest BCUT2D eigenvalue weighted by Crippen LogP contribution is -2.47. The summed E-state index contributed by atoms with van der Waals surface area (Å²) in [5.41, 5.74) is 1.17. The molecule has 1 aromatic carbocycles. The number of hydrogen-bond donors (Lipinski definition) is 0. The van der Waals surface area contributed by atoms with Gasteiger partial charge in [-0.2, -0.15) is 0 Å². The summed E-state index contributed by atoms with van der Waals surface area (Å²) in [5, 5.41) is 0. The fraction of sp³-hybridized carbons (Fsp3) is 0.632. The molecule has 144 valence electrons. The Morgan fingerprint density at radius 3 is 2.23 bits per heavy atom. The fourth-order valence-corrected chi connectivity index (χ4v) is 4.60. The number of ether oxygens (including phenoxy) is 1. The van der Waals surface area contributed by atoms with E-state index in [1.165, 1.54) is 16.1 Å². The molecule has 0 aromatic heterocycles. The molecule has 2 aliphatic heterocycles. The van der Waals surface area contributed by atoms with Gasteiger partial charge in [0, 0.05) is 32.1 Å². The SMILES string of the molecule is CS(=O)(=O)N1CCC(C(=O)N2CCC(OCc3ccccc3)CC2)CC1. The maximum absolute atomic E-state index is 12.7. The number of carbonyl (C=O) groups excluding carboxylic acids is 1. The Bertz CT molecular complexity index is 692. The van der Waals surface area contributed by atoms with Crippen molar-refractivity contribution < 1.29 is 17.9 Å². The first-order chi connectivity index (χ1) is 12.4. The topological polar surface area (TPSA) is 66.9 Å². The van der Waals surface area contributed by atoms with E-state index in [4.69, 9.17) is 4.74 Å². The van der Waals surface area contributed by atoms with Crippen molar-refractivity contribution in [3.05, 3.63) is 35.9 Å². The second-order valence-electron chi connectivity index (χ2n) is 7.26. The predicted octanol–water partition coefficient (Wildman–Crippen LogP) is 1.87. The highest BCUT2D eigenvalue weighted by atomic mass is 32.2. The number of amides is 1. The Morgan fingerprint density at radius 1 is 1.04 bits per heavy atom. The molecule has 0 bridgehead atoms. The van der Waals surface area contributed by atoms with Crippen LogP contribution in [0.3, 0.4) is 0 Å². The van der Waals surface area contributed by atoms with Crippen LogP contribution in [0.5, 0.6) is 0 Å². The van der Waals surface area contributed by atoms with Crippen LogP contribution < -0.4 is 0 Å². The molecule has 0 N–H and O–H groups in total. The average molecular weight is 381 g/mol. The highest BCUT2D eigenvalue weighted by Crippen LogP contribution is 2.24. The number of likely N-dealkylation sites (tertiary alicyclic amines) is 1. The van der Waals surface area contributed by atoms with Crippen LogP contribution in [0.1, 0.15) is 31.2 Å². The lowest BCUT2D eigenvalue weighted by Gasteiger charge is -2.36. The van der Waals surface area contributed by atoms with E-state index in [1.54, 1.807) is 0 Å². The smallest absolute Gasteiger partial charge is 0.225 e. The van der Waals surface area contributed by atoms with Crippen molar-refractivity contribution >= 4 is 15.9 Å². The van der Waals surface area contributed by atoms with Gasteiger partial charge < -0.3 is 9.64 Å². The summed E-state index contributed by atoms with van der Waals surface area (Å²) in [5.74, 6) is 0.134. The maximum Gasteiger partial charge on any atom is 0.225 e. The monoisotopic (exact) mass is 380 g/mol. The molecule has 26 heavy (non-hydrogen) atoms. The second kappa shape index (κ2) is 8.50. The Kier molecular flexibility index (Phi) is 6.32. The summed E-state index contributed by atoms with van der Waals surface area (Å²) in [4.78, 5) is 14.6. The lowest BCUT2D eigenvalue weighted by atomic mass is 9.95. The minimum atomic E-state index is -3.14. The number of hydrogen-bond acceptors (Lipinski definition) is 4. The van der Waals surface area contributed by atoms with Crippen LogP contribution in [-0.4, -0.2) is 62.1 Å². The predicted molar refractivity (Wildman–Crippen MR) is 100.0 cm³/mol. The Balaban J connectivity index is 1.41. The zero-order chi connectivity index (χ0) is 18.6. The van der Waals surface area contributed by atoms with E-state index in [9.17, 15) is 13.2 Å². The van der Waals surface area contributed by atoms with E-state index < -0.39 is 10.0 Å². The van der Waals surface area contributed by atoms with Gasteiger partial charge in [0.05, 0.1) is 19.0 Å². The highest BCUT2D eigenvalue weighted by Gasteiger charge is 2.33. The highest BCUT2D eigenvalue weighted by molar-refractivity contribution is 7.88. The molecule has 0 unspecified atom stereocenters. The van der Waals surface area contributed by atoms with E-state index >= 15 is 0 Å². The van der Waals surface area contributed by atoms with Gasteiger partial charge in [-0.05, 0) is 31.2 Å². The first kappa shape index (κ1) is 19.3. The standard InChI is InChI=1S/C19H28N2O4S/c1-26(23,24)21-13-7-17(8-14-21)19(22)20-11-9-18(10-12-20)25-15-16-5-3-2-4-6-16/h2-6,17-18H,7-15H2,1H3. The molecule has 3 rings (SSSR count). The second-order valence-corrected chi connectivity index (χ2v) is 9.24. The van der Waals surface area contributed by atoms with Gasteiger partial charge in [0.2, 0.25) is 15.9 Å². The van der Waals surface area contributed by atoms with Crippen molar-refractivity contribution in [3.63, 3.8) is 0 Å². The van der Waals surface area contributed by atoms with Gasteiger partial charge in [0.25, 0.3) is 0 Å². The molecule has 2 fully saturated rings. The molecule has 2 saturated heterocycles. The van der Waals surface area contributed by atoms with E-state index in [2.05, 4.69) is 12.1 Å². The van der Waals surface area contributed by atoms with Crippen molar-refractivity contribution in [1.82, 2.24) is 9.21 Å². The van der Waals surface area contributed by atoms with Crippen LogP contribution >= 0.6 is 0 Å². The van der Waals surface area contributed by atoms with Crippen molar-refractivity contribution in [2.24, 2.45) is 5.92 Å². The summed E-state index contributed by atoms with van der Waals surface area (Å²) >= 11 is 0. The molecular weight excluding hydrogens is 352 g/mol. The average Bonchev–Trinajstić information content (AvgIpc) is 2.66. The molecule has 0 radical (unpaired) electrons. The van der Waals surface area contributed by atoms with E-state index in [-0.39, 0.29) is 17.9 Å². The third-order valence-corrected chi connectivity index (χ3v) is 6.66. The van der Waals surface area contributed by atoms with Gasteiger partial charge in [0.15, 0.2) is 0 Å². The lowest BCUT2D eigenvalue weighted by molar-refractivity contribution is -0.139. The molecular formula is C19H28N2O4S. The number of carbonyl (C=O) groups is 1. The molecule has 6 nitrogen and oxygen atoms in total. The number of piperidine rings is 2. The number of sulfonamides is 1. The van der Waals surface area contributed by atoms with Gasteiger partial charge >= 0.3 is 0 Å². The van der Waals surface area contributed by atoms with Gasteiger partial charge in [-0.25, -0.2) is 12.7 Å². The van der Waals surface area contributed by atoms with Gasteiger partial charge in [-0.15, -0.1) is 0 Å². The molecule has 1 aromatic rings. The van der Waals surface area contributed by atoms with Crippen LogP contribution in [0, 0.1) is 5.92 Å². The Hall–Kier alpha value is -1.44. The molecule has 1 amide bonds. The van der Waals surface area contributed by atoms with Crippen LogP contribution in [0.25, 0.3) is 0 Å². The fourth-order valence-electron chi connectivity index (χ4n) is 3.72. The quantitative estimate of drug-likeness (QED) is 0.782. The normalized spacial score (nSPS) is 21.0. The van der Waals surface area contributed by atoms with E-state index in [1.807, 2.05) is 23.1 Å². The maximum atomic E-state index is 12.7. The van der Waals surface area contributed by atoms with Crippen LogP contribution in [0.4, 0.5) is 0 Å². The van der Waals surface area contributed by atoms with Crippen LogP contribution in [-0.2, 0) is 26.2 Å². The van der Waals surface area contributed by atoms with Gasteiger partial charge in [-0.3, -0.25) is 4.79 Å². The number of benzene rings is 1. The summed E-state index contributed by atoms with van der Waals surface area (Å²) < 4.78 is 30.6.